The topological polar surface area (TPSA) is 132 Å². The largest absolute Gasteiger partial charge is 0.490 e. The Bertz CT molecular complexity index is 1430. The van der Waals surface area contributed by atoms with Crippen molar-refractivity contribution in [1.82, 2.24) is 19.9 Å². The van der Waals surface area contributed by atoms with Gasteiger partial charge in [-0.1, -0.05) is 32.4 Å². The van der Waals surface area contributed by atoms with E-state index in [1.54, 1.807) is 18.5 Å². The van der Waals surface area contributed by atoms with Crippen molar-refractivity contribution in [3.05, 3.63) is 84.3 Å². The molecule has 34 heavy (non-hydrogen) atoms. The van der Waals surface area contributed by atoms with E-state index in [9.17, 15) is 27.2 Å². The highest BCUT2D eigenvalue weighted by Gasteiger charge is 2.38. The van der Waals surface area contributed by atoms with Crippen LogP contribution in [0.25, 0.3) is 12.2 Å². The number of aryl methyl sites for hydroxylation is 1. The zero-order chi connectivity index (χ0) is 25.8. The number of aromatic nitrogens is 4. The number of alkyl halides is 3. The molecule has 0 bridgehead atoms. The normalized spacial score (nSPS) is 12.9. The van der Waals surface area contributed by atoms with E-state index in [-0.39, 0.29) is 21.7 Å². The van der Waals surface area contributed by atoms with E-state index in [4.69, 9.17) is 9.90 Å². The molecule has 0 unspecified atom stereocenters. The van der Waals surface area contributed by atoms with Gasteiger partial charge < -0.3 is 20.1 Å². The van der Waals surface area contributed by atoms with E-state index in [1.807, 2.05) is 27.7 Å². The number of halogens is 4. The average molecular weight is 482 g/mol. The van der Waals surface area contributed by atoms with Crippen molar-refractivity contribution < 1.29 is 27.5 Å². The van der Waals surface area contributed by atoms with Gasteiger partial charge in [0.05, 0.1) is 12.0 Å². The van der Waals surface area contributed by atoms with Crippen molar-refractivity contribution in [3.63, 3.8) is 0 Å². The molecule has 0 spiro atoms. The van der Waals surface area contributed by atoms with Crippen LogP contribution in [-0.4, -0.2) is 37.2 Å². The lowest BCUT2D eigenvalue weighted by molar-refractivity contribution is -0.192. The first-order valence-electron chi connectivity index (χ1n) is 9.76. The van der Waals surface area contributed by atoms with Gasteiger partial charge in [0.15, 0.2) is 0 Å². The Hall–Kier alpha value is -3.96. The highest BCUT2D eigenvalue weighted by atomic mass is 19.4. The molecule has 0 aliphatic heterocycles. The summed E-state index contributed by atoms with van der Waals surface area (Å²) in [4.78, 5) is 46.0. The standard InChI is InChI=1S/C20H21FN4O2.C2HF3O2/c1-11-5-6-13(21)12(7-11)8-15-18(26)25-16(19(27)24-15)9-14-17(20(2,3)4)23-10-22-14;3-2(4,5)1(6)7/h5-10H,1-4H3,(H,22,23)(H,24,27)(H,25,26);(H,6,7)/b15-8-,16-9-;. The van der Waals surface area contributed by atoms with E-state index in [0.29, 0.717) is 5.69 Å². The number of nitrogens with zero attached hydrogens (tertiary/aromatic N) is 1. The van der Waals surface area contributed by atoms with Gasteiger partial charge in [-0.15, -0.1) is 0 Å². The Morgan fingerprint density at radius 1 is 1.03 bits per heavy atom. The molecule has 0 aliphatic rings. The Morgan fingerprint density at radius 2 is 1.56 bits per heavy atom. The first-order chi connectivity index (χ1) is 15.6. The fourth-order valence-corrected chi connectivity index (χ4v) is 2.78. The SMILES string of the molecule is Cc1ccc(F)c(/C=c2\[nH]c(=O)/c(=C/c3nc[nH]c3C(C)(C)C)[nH]c2=O)c1.O=C(O)C(F)(F)F. The number of aliphatic carboxylic acids is 1. The highest BCUT2D eigenvalue weighted by Crippen LogP contribution is 2.22. The summed E-state index contributed by atoms with van der Waals surface area (Å²) in [6.07, 6.45) is -0.697. The maximum Gasteiger partial charge on any atom is 0.490 e. The number of carbonyl (C=O) groups is 1. The van der Waals surface area contributed by atoms with Crippen LogP contribution in [-0.2, 0) is 10.2 Å². The third kappa shape index (κ3) is 6.77. The van der Waals surface area contributed by atoms with Gasteiger partial charge in [0.1, 0.15) is 16.5 Å². The molecule has 0 fully saturated rings. The first-order valence-corrected chi connectivity index (χ1v) is 9.76. The minimum absolute atomic E-state index is 0.0141. The van der Waals surface area contributed by atoms with Gasteiger partial charge in [0.2, 0.25) is 0 Å². The Kier molecular flexibility index (Phi) is 7.65. The Morgan fingerprint density at radius 3 is 2.06 bits per heavy atom. The molecule has 4 N–H and O–H groups in total. The lowest BCUT2D eigenvalue weighted by Crippen LogP contribution is -2.46. The lowest BCUT2D eigenvalue weighted by Gasteiger charge is -2.16. The summed E-state index contributed by atoms with van der Waals surface area (Å²) >= 11 is 0. The second-order valence-corrected chi connectivity index (χ2v) is 8.26. The zero-order valence-electron chi connectivity index (χ0n) is 18.6. The van der Waals surface area contributed by atoms with E-state index in [1.165, 1.54) is 18.2 Å². The Labute approximate surface area is 189 Å². The molecule has 3 aromatic rings. The maximum absolute atomic E-state index is 13.9. The summed E-state index contributed by atoms with van der Waals surface area (Å²) in [5.41, 5.74) is 1.29. The van der Waals surface area contributed by atoms with Crippen molar-refractivity contribution in [1.29, 1.82) is 0 Å². The van der Waals surface area contributed by atoms with Crippen LogP contribution < -0.4 is 21.8 Å². The van der Waals surface area contributed by atoms with Gasteiger partial charge in [0.25, 0.3) is 11.1 Å². The highest BCUT2D eigenvalue weighted by molar-refractivity contribution is 5.73. The minimum Gasteiger partial charge on any atom is -0.475 e. The fourth-order valence-electron chi connectivity index (χ4n) is 2.78. The van der Waals surface area contributed by atoms with Crippen LogP contribution in [0.2, 0.25) is 0 Å². The molecule has 12 heteroatoms. The molecule has 0 saturated carbocycles. The molecule has 3 rings (SSSR count). The number of hydrogen-bond acceptors (Lipinski definition) is 4. The molecule has 0 amide bonds. The van der Waals surface area contributed by atoms with Gasteiger partial charge in [0, 0.05) is 16.7 Å². The first kappa shape index (κ1) is 26.3. The van der Waals surface area contributed by atoms with Crippen molar-refractivity contribution in [2.24, 2.45) is 0 Å². The summed E-state index contributed by atoms with van der Waals surface area (Å²) in [5.74, 6) is -3.23. The van der Waals surface area contributed by atoms with Crippen LogP contribution in [0.5, 0.6) is 0 Å². The average Bonchev–Trinajstić information content (AvgIpc) is 3.17. The van der Waals surface area contributed by atoms with Crippen LogP contribution in [0.3, 0.4) is 0 Å². The number of rotatable bonds is 2. The number of benzene rings is 1. The van der Waals surface area contributed by atoms with Gasteiger partial charge in [-0.3, -0.25) is 9.59 Å². The fraction of sp³-hybridized carbons (Fsp3) is 0.273. The van der Waals surface area contributed by atoms with E-state index in [0.717, 1.165) is 11.3 Å². The molecule has 8 nitrogen and oxygen atoms in total. The van der Waals surface area contributed by atoms with Crippen LogP contribution in [0.1, 0.15) is 43.3 Å². The molecule has 0 aliphatic carbocycles. The molecule has 0 saturated heterocycles. The van der Waals surface area contributed by atoms with Gasteiger partial charge in [-0.25, -0.2) is 14.2 Å². The molecule has 0 radical (unpaired) electrons. The number of aromatic amines is 3. The lowest BCUT2D eigenvalue weighted by atomic mass is 9.90. The molecular formula is C22H22F4N4O4. The van der Waals surface area contributed by atoms with E-state index < -0.39 is 29.1 Å². The van der Waals surface area contributed by atoms with Crippen molar-refractivity contribution in [2.45, 2.75) is 39.3 Å². The van der Waals surface area contributed by atoms with E-state index in [2.05, 4.69) is 19.9 Å². The number of carboxylic acids is 1. The van der Waals surface area contributed by atoms with Crippen LogP contribution in [0.15, 0.2) is 34.1 Å². The number of nitrogens with one attached hydrogen (secondary N) is 3. The van der Waals surface area contributed by atoms with Crippen molar-refractivity contribution >= 4 is 18.1 Å². The summed E-state index contributed by atoms with van der Waals surface area (Å²) in [5, 5.41) is 7.19. The second-order valence-electron chi connectivity index (χ2n) is 8.26. The zero-order valence-corrected chi connectivity index (χ0v) is 18.6. The number of hydrogen-bond donors (Lipinski definition) is 4. The molecular weight excluding hydrogens is 460 g/mol. The number of H-pyrrole nitrogens is 3. The summed E-state index contributed by atoms with van der Waals surface area (Å²) < 4.78 is 45.7. The maximum atomic E-state index is 13.9. The van der Waals surface area contributed by atoms with Crippen molar-refractivity contribution in [2.75, 3.05) is 0 Å². The molecule has 0 atom stereocenters. The molecule has 2 heterocycles. The van der Waals surface area contributed by atoms with Gasteiger partial charge in [-0.05, 0) is 31.2 Å². The molecule has 182 valence electrons. The predicted octanol–water partition coefficient (Wildman–Crippen LogP) is 1.82. The van der Waals surface area contributed by atoms with Crippen LogP contribution in [0, 0.1) is 12.7 Å². The van der Waals surface area contributed by atoms with Gasteiger partial charge in [-0.2, -0.15) is 13.2 Å². The second kappa shape index (κ2) is 9.89. The monoisotopic (exact) mass is 482 g/mol. The third-order valence-corrected chi connectivity index (χ3v) is 4.38. The van der Waals surface area contributed by atoms with E-state index >= 15 is 0 Å². The number of imidazole rings is 1. The van der Waals surface area contributed by atoms with Gasteiger partial charge >= 0.3 is 12.1 Å². The minimum atomic E-state index is -5.08. The van der Waals surface area contributed by atoms with Crippen LogP contribution >= 0.6 is 0 Å². The predicted molar refractivity (Wildman–Crippen MR) is 116 cm³/mol. The summed E-state index contributed by atoms with van der Waals surface area (Å²) in [6.45, 7) is 7.86. The third-order valence-electron chi connectivity index (χ3n) is 4.38. The summed E-state index contributed by atoms with van der Waals surface area (Å²) in [6, 6.07) is 4.56. The quantitative estimate of drug-likeness (QED) is 0.414. The molecule has 1 aromatic carbocycles. The van der Waals surface area contributed by atoms with Crippen molar-refractivity contribution in [3.8, 4) is 0 Å². The summed E-state index contributed by atoms with van der Waals surface area (Å²) in [7, 11) is 0. The van der Waals surface area contributed by atoms with Crippen LogP contribution in [0.4, 0.5) is 17.6 Å². The Balaban J connectivity index is 0.000000509. The smallest absolute Gasteiger partial charge is 0.475 e. The number of carboxylic acid groups (broad SMARTS) is 1. The molecule has 2 aromatic heterocycles.